The number of hydrogen-bond acceptors (Lipinski definition) is 1. The lowest BCUT2D eigenvalue weighted by Crippen LogP contribution is -2.09. The third kappa shape index (κ3) is 4.16. The van der Waals surface area contributed by atoms with Crippen molar-refractivity contribution in [3.63, 3.8) is 0 Å². The van der Waals surface area contributed by atoms with E-state index >= 15 is 0 Å². The van der Waals surface area contributed by atoms with E-state index in [1.165, 1.54) is 86.9 Å². The Kier molecular flexibility index (Phi) is 6.15. The Morgan fingerprint density at radius 2 is 0.980 bits per heavy atom. The van der Waals surface area contributed by atoms with Gasteiger partial charge in [-0.15, -0.1) is 0 Å². The summed E-state index contributed by atoms with van der Waals surface area (Å²) in [6, 6.07) is 58.2. The van der Waals surface area contributed by atoms with Gasteiger partial charge in [-0.3, -0.25) is 0 Å². The number of anilines is 3. The van der Waals surface area contributed by atoms with Gasteiger partial charge < -0.3 is 4.90 Å². The first-order valence-corrected chi connectivity index (χ1v) is 18.0. The van der Waals surface area contributed by atoms with E-state index in [4.69, 9.17) is 0 Å². The maximum absolute atomic E-state index is 2.49. The molecule has 11 rings (SSSR count). The van der Waals surface area contributed by atoms with Gasteiger partial charge in [0, 0.05) is 17.1 Å². The Bertz CT molecular complexity index is 2940. The van der Waals surface area contributed by atoms with Gasteiger partial charge in [-0.05, 0) is 148 Å². The molecule has 0 amide bonds. The summed E-state index contributed by atoms with van der Waals surface area (Å²) in [6.07, 6.45) is 9.04. The van der Waals surface area contributed by atoms with Crippen LogP contribution in [0.15, 0.2) is 176 Å². The van der Waals surface area contributed by atoms with Crippen LogP contribution in [0, 0.1) is 0 Å². The van der Waals surface area contributed by atoms with Crippen molar-refractivity contribution >= 4 is 87.3 Å². The molecule has 0 fully saturated rings. The maximum Gasteiger partial charge on any atom is 0.0462 e. The Labute approximate surface area is 296 Å². The van der Waals surface area contributed by atoms with Crippen LogP contribution in [0.4, 0.5) is 17.1 Å². The summed E-state index contributed by atoms with van der Waals surface area (Å²) in [7, 11) is 0. The highest BCUT2D eigenvalue weighted by Gasteiger charge is 2.26. The summed E-state index contributed by atoms with van der Waals surface area (Å²) < 4.78 is 0. The van der Waals surface area contributed by atoms with Crippen LogP contribution in [0.3, 0.4) is 0 Å². The van der Waals surface area contributed by atoms with Crippen molar-refractivity contribution in [1.82, 2.24) is 0 Å². The molecule has 0 aliphatic heterocycles. The van der Waals surface area contributed by atoms with E-state index in [9.17, 15) is 0 Å². The van der Waals surface area contributed by atoms with Crippen LogP contribution in [0.2, 0.25) is 0 Å². The topological polar surface area (TPSA) is 3.24 Å². The first-order valence-electron chi connectivity index (χ1n) is 18.0. The summed E-state index contributed by atoms with van der Waals surface area (Å²) >= 11 is 0. The van der Waals surface area contributed by atoms with Gasteiger partial charge in [0.25, 0.3) is 0 Å². The molecule has 0 spiro atoms. The molecule has 0 atom stereocenters. The minimum absolute atomic E-state index is 1.04. The monoisotopic (exact) mass is 647 g/mol. The number of hydrogen-bond donors (Lipinski definition) is 0. The van der Waals surface area contributed by atoms with Crippen LogP contribution >= 0.6 is 0 Å². The second-order valence-electron chi connectivity index (χ2n) is 13.9. The minimum Gasteiger partial charge on any atom is -0.311 e. The quantitative estimate of drug-likeness (QED) is 0.180. The molecule has 1 heteroatoms. The Balaban J connectivity index is 1.22. The molecule has 0 saturated heterocycles. The van der Waals surface area contributed by atoms with E-state index in [1.54, 1.807) is 0 Å². The van der Waals surface area contributed by atoms with Crippen LogP contribution in [0.25, 0.3) is 81.3 Å². The minimum atomic E-state index is 1.04. The number of nitrogens with zero attached hydrogens (tertiary/aromatic N) is 1. The van der Waals surface area contributed by atoms with Gasteiger partial charge in [-0.25, -0.2) is 0 Å². The average molecular weight is 648 g/mol. The van der Waals surface area contributed by atoms with Crippen molar-refractivity contribution in [3.8, 4) is 11.1 Å². The zero-order valence-electron chi connectivity index (χ0n) is 28.1. The van der Waals surface area contributed by atoms with Crippen LogP contribution in [0.1, 0.15) is 18.4 Å². The van der Waals surface area contributed by atoms with Crippen molar-refractivity contribution in [1.29, 1.82) is 0 Å². The van der Waals surface area contributed by atoms with Gasteiger partial charge in [-0.1, -0.05) is 127 Å². The van der Waals surface area contributed by atoms with Gasteiger partial charge in [0.1, 0.15) is 0 Å². The molecule has 10 aromatic rings. The molecule has 1 aliphatic carbocycles. The van der Waals surface area contributed by atoms with Crippen molar-refractivity contribution in [3.05, 3.63) is 182 Å². The second-order valence-corrected chi connectivity index (χ2v) is 13.9. The Morgan fingerprint density at radius 3 is 1.67 bits per heavy atom. The fraction of sp³-hybridized carbons (Fsp3) is 0.0400. The van der Waals surface area contributed by atoms with E-state index in [2.05, 4.69) is 181 Å². The average Bonchev–Trinajstić information content (AvgIpc) is 3.71. The fourth-order valence-corrected chi connectivity index (χ4v) is 9.05. The van der Waals surface area contributed by atoms with E-state index in [0.717, 1.165) is 29.9 Å². The van der Waals surface area contributed by atoms with Gasteiger partial charge in [0.15, 0.2) is 0 Å². The number of rotatable bonds is 5. The molecule has 1 aliphatic rings. The smallest absolute Gasteiger partial charge is 0.0462 e. The first-order chi connectivity index (χ1) is 25.3. The maximum atomic E-state index is 2.49. The molecule has 0 bridgehead atoms. The van der Waals surface area contributed by atoms with Gasteiger partial charge in [0.05, 0.1) is 0 Å². The largest absolute Gasteiger partial charge is 0.311 e. The molecule has 1 nitrogen and oxygen atoms in total. The Hall–Kier alpha value is -6.44. The number of benzene rings is 8. The van der Waals surface area contributed by atoms with Crippen LogP contribution in [-0.4, -0.2) is 0 Å². The summed E-state index contributed by atoms with van der Waals surface area (Å²) in [5.41, 5.74) is 8.73. The molecular weight excluding hydrogens is 615 g/mol. The summed E-state index contributed by atoms with van der Waals surface area (Å²) in [5.74, 6) is 0. The zero-order valence-corrected chi connectivity index (χ0v) is 28.1. The highest BCUT2D eigenvalue weighted by molar-refractivity contribution is 6.47. The second kappa shape index (κ2) is 11.0. The predicted octanol–water partition coefficient (Wildman–Crippen LogP) is 14.4. The predicted molar refractivity (Wildman–Crippen MR) is 220 cm³/mol. The molecule has 0 N–H and O–H groups in total. The van der Waals surface area contributed by atoms with Gasteiger partial charge in [-0.2, -0.15) is 0 Å². The highest BCUT2D eigenvalue weighted by Crippen LogP contribution is 2.53. The molecule has 238 valence electrons. The molecular formula is C50H33N. The Morgan fingerprint density at radius 1 is 0.392 bits per heavy atom. The van der Waals surface area contributed by atoms with Crippen molar-refractivity contribution < 1.29 is 0 Å². The lowest BCUT2D eigenvalue weighted by molar-refractivity contribution is 1.06. The number of para-hydroxylation sites is 2. The standard InChI is InChI=1S/C50H33N/c1-4-14-34(15-5-1)46-44-31-35(32-26-28-38(29-27-32)51(36-18-6-2-7-19-36)37-20-8-3-9-21-37)30-43-39-22-10-11-23-40(39)48(47(43)44)50-42-25-13-17-33-16-12-24-41(45(33)42)49(46)50/h1-4,6-14,16-31H,5,15H2. The van der Waals surface area contributed by atoms with Crippen LogP contribution in [0.5, 0.6) is 0 Å². The summed E-state index contributed by atoms with van der Waals surface area (Å²) in [5, 5.41) is 16.4. The fourth-order valence-electron chi connectivity index (χ4n) is 9.05. The van der Waals surface area contributed by atoms with Crippen molar-refractivity contribution in [2.45, 2.75) is 12.8 Å². The normalized spacial score (nSPS) is 13.4. The highest BCUT2D eigenvalue weighted by atomic mass is 15.1. The molecule has 0 saturated carbocycles. The summed E-state index contributed by atoms with van der Waals surface area (Å²) in [6.45, 7) is 0. The van der Waals surface area contributed by atoms with Gasteiger partial charge >= 0.3 is 0 Å². The summed E-state index contributed by atoms with van der Waals surface area (Å²) in [4.78, 5) is 2.33. The lowest BCUT2D eigenvalue weighted by atomic mass is 9.86. The van der Waals surface area contributed by atoms with Crippen molar-refractivity contribution in [2.24, 2.45) is 0 Å². The molecule has 0 radical (unpaired) electrons. The van der Waals surface area contributed by atoms with E-state index in [1.807, 2.05) is 0 Å². The van der Waals surface area contributed by atoms with Crippen molar-refractivity contribution in [2.75, 3.05) is 4.90 Å². The first kappa shape index (κ1) is 28.4. The number of fused-ring (bicyclic) bond motifs is 7. The third-order valence-electron chi connectivity index (χ3n) is 11.2. The number of allylic oxidation sites excluding steroid dienone is 4. The van der Waals surface area contributed by atoms with Crippen LogP contribution in [-0.2, 0) is 0 Å². The van der Waals surface area contributed by atoms with Gasteiger partial charge in [0.2, 0.25) is 0 Å². The van der Waals surface area contributed by atoms with E-state index in [-0.39, 0.29) is 0 Å². The molecule has 0 aromatic heterocycles. The molecule has 51 heavy (non-hydrogen) atoms. The zero-order chi connectivity index (χ0) is 33.5. The SMILES string of the molecule is C1=CCCC(c2c3cc(-c4ccc(N(c5ccccc5)c5ccccc5)cc4)cc4c5ccccc5c(c34)c3c4cccc5cccc(c23)c54)=C1. The lowest BCUT2D eigenvalue weighted by Gasteiger charge is -2.25. The van der Waals surface area contributed by atoms with E-state index in [0.29, 0.717) is 0 Å². The molecule has 0 heterocycles. The van der Waals surface area contributed by atoms with E-state index < -0.39 is 0 Å². The molecule has 10 aromatic carbocycles. The molecule has 0 unspecified atom stereocenters. The third-order valence-corrected chi connectivity index (χ3v) is 11.2. The van der Waals surface area contributed by atoms with Crippen LogP contribution < -0.4 is 4.90 Å².